The second kappa shape index (κ2) is 6.25. The molecule has 0 unspecified atom stereocenters. The number of hydrogen-bond acceptors (Lipinski definition) is 5. The van der Waals surface area contributed by atoms with Gasteiger partial charge in [-0.3, -0.25) is 0 Å². The number of nitrogens with zero attached hydrogens (tertiary/aromatic N) is 6. The lowest BCUT2D eigenvalue weighted by atomic mass is 10.0. The van der Waals surface area contributed by atoms with Crippen LogP contribution in [0.15, 0.2) is 55.1 Å². The Kier molecular flexibility index (Phi) is 3.62. The maximum atomic E-state index is 4.69. The van der Waals surface area contributed by atoms with Crippen LogP contribution in [-0.4, -0.2) is 36.1 Å². The molecular formula is C19H19N7. The molecule has 1 atom stereocenters. The predicted molar refractivity (Wildman–Crippen MR) is 98.7 cm³/mol. The van der Waals surface area contributed by atoms with E-state index in [1.54, 1.807) is 6.33 Å². The van der Waals surface area contributed by atoms with Crippen molar-refractivity contribution in [1.29, 1.82) is 0 Å². The Morgan fingerprint density at radius 1 is 1.08 bits per heavy atom. The first-order valence-corrected chi connectivity index (χ1v) is 8.92. The Bertz CT molecular complexity index is 1010. The lowest BCUT2D eigenvalue weighted by Gasteiger charge is -2.36. The van der Waals surface area contributed by atoms with Crippen LogP contribution in [0.4, 0.5) is 5.82 Å². The highest BCUT2D eigenvalue weighted by atomic mass is 15.4. The summed E-state index contributed by atoms with van der Waals surface area (Å²) in [7, 11) is 0. The lowest BCUT2D eigenvalue weighted by molar-refractivity contribution is 0.452. The Hall–Kier alpha value is -3.22. The van der Waals surface area contributed by atoms with Crippen LogP contribution in [0.1, 0.15) is 31.1 Å². The van der Waals surface area contributed by atoms with E-state index in [4.69, 9.17) is 0 Å². The van der Waals surface area contributed by atoms with Crippen LogP contribution in [0.2, 0.25) is 0 Å². The molecule has 26 heavy (non-hydrogen) atoms. The summed E-state index contributed by atoms with van der Waals surface area (Å²) in [5, 5.41) is 4.42. The lowest BCUT2D eigenvalue weighted by Crippen LogP contribution is -2.35. The molecule has 7 heteroatoms. The largest absolute Gasteiger partial charge is 0.347 e. The molecule has 0 amide bonds. The SMILES string of the molecule is c1ccc(-c2cc(N3CCCC[C@H]3c3ncc[nH]3)n3ncnc3n2)cc1. The topological polar surface area (TPSA) is 75.0 Å². The molecule has 1 aliphatic rings. The van der Waals surface area contributed by atoms with Gasteiger partial charge in [-0.05, 0) is 19.3 Å². The van der Waals surface area contributed by atoms with Gasteiger partial charge >= 0.3 is 0 Å². The maximum absolute atomic E-state index is 4.69. The number of benzene rings is 1. The Morgan fingerprint density at radius 3 is 2.85 bits per heavy atom. The molecular weight excluding hydrogens is 326 g/mol. The fraction of sp³-hybridized carbons (Fsp3) is 0.263. The molecule has 1 fully saturated rings. The molecule has 0 aliphatic carbocycles. The number of anilines is 1. The van der Waals surface area contributed by atoms with Crippen molar-refractivity contribution in [3.8, 4) is 11.3 Å². The first kappa shape index (κ1) is 15.1. The van der Waals surface area contributed by atoms with Crippen LogP contribution in [0, 0.1) is 0 Å². The quantitative estimate of drug-likeness (QED) is 0.617. The molecule has 5 rings (SSSR count). The van der Waals surface area contributed by atoms with Crippen LogP contribution in [0.5, 0.6) is 0 Å². The Morgan fingerprint density at radius 2 is 2.00 bits per heavy atom. The summed E-state index contributed by atoms with van der Waals surface area (Å²) in [5.74, 6) is 2.62. The summed E-state index contributed by atoms with van der Waals surface area (Å²) in [4.78, 5) is 19.2. The van der Waals surface area contributed by atoms with Crippen molar-refractivity contribution < 1.29 is 0 Å². The number of fused-ring (bicyclic) bond motifs is 1. The van der Waals surface area contributed by atoms with E-state index in [0.717, 1.165) is 42.3 Å². The summed E-state index contributed by atoms with van der Waals surface area (Å²) in [6.45, 7) is 0.957. The van der Waals surface area contributed by atoms with E-state index in [1.165, 1.54) is 6.42 Å². The van der Waals surface area contributed by atoms with Crippen molar-refractivity contribution in [2.24, 2.45) is 0 Å². The molecule has 1 aromatic carbocycles. The number of aromatic amines is 1. The van der Waals surface area contributed by atoms with E-state index in [0.29, 0.717) is 5.78 Å². The van der Waals surface area contributed by atoms with Gasteiger partial charge in [-0.1, -0.05) is 30.3 Å². The van der Waals surface area contributed by atoms with Crippen LogP contribution in [-0.2, 0) is 0 Å². The summed E-state index contributed by atoms with van der Waals surface area (Å²) in [5.41, 5.74) is 1.98. The molecule has 4 heterocycles. The third-order valence-corrected chi connectivity index (χ3v) is 4.93. The highest BCUT2D eigenvalue weighted by Crippen LogP contribution is 2.34. The number of H-pyrrole nitrogens is 1. The fourth-order valence-corrected chi connectivity index (χ4v) is 3.71. The number of piperidine rings is 1. The number of imidazole rings is 1. The van der Waals surface area contributed by atoms with Gasteiger partial charge in [0.1, 0.15) is 18.0 Å². The zero-order valence-corrected chi connectivity index (χ0v) is 14.3. The smallest absolute Gasteiger partial charge is 0.254 e. The first-order valence-electron chi connectivity index (χ1n) is 8.92. The average molecular weight is 345 g/mol. The predicted octanol–water partition coefficient (Wildman–Crippen LogP) is 3.25. The van der Waals surface area contributed by atoms with Crippen molar-refractivity contribution in [3.05, 3.63) is 60.9 Å². The second-order valence-corrected chi connectivity index (χ2v) is 6.52. The van der Waals surface area contributed by atoms with Crippen LogP contribution >= 0.6 is 0 Å². The van der Waals surface area contributed by atoms with Gasteiger partial charge in [-0.2, -0.15) is 14.6 Å². The van der Waals surface area contributed by atoms with Gasteiger partial charge in [0.05, 0.1) is 11.7 Å². The highest BCUT2D eigenvalue weighted by Gasteiger charge is 2.28. The van der Waals surface area contributed by atoms with Gasteiger partial charge in [-0.25, -0.2) is 9.97 Å². The number of rotatable bonds is 3. The molecule has 1 saturated heterocycles. The molecule has 0 radical (unpaired) electrons. The van der Waals surface area contributed by atoms with Gasteiger partial charge in [-0.15, -0.1) is 0 Å². The molecule has 7 nitrogen and oxygen atoms in total. The zero-order valence-electron chi connectivity index (χ0n) is 14.3. The van der Waals surface area contributed by atoms with Crippen LogP contribution in [0.3, 0.4) is 0 Å². The van der Waals surface area contributed by atoms with Crippen molar-refractivity contribution in [1.82, 2.24) is 29.5 Å². The van der Waals surface area contributed by atoms with E-state index in [9.17, 15) is 0 Å². The zero-order chi connectivity index (χ0) is 17.3. The summed E-state index contributed by atoms with van der Waals surface area (Å²) >= 11 is 0. The monoisotopic (exact) mass is 345 g/mol. The van der Waals surface area contributed by atoms with Gasteiger partial charge in [0.25, 0.3) is 5.78 Å². The van der Waals surface area contributed by atoms with E-state index >= 15 is 0 Å². The van der Waals surface area contributed by atoms with E-state index in [-0.39, 0.29) is 6.04 Å². The Balaban J connectivity index is 1.66. The summed E-state index contributed by atoms with van der Waals surface area (Å²) in [6, 6.07) is 12.5. The minimum atomic E-state index is 0.206. The first-order chi connectivity index (χ1) is 12.9. The van der Waals surface area contributed by atoms with Gasteiger partial charge in [0, 0.05) is 30.6 Å². The third-order valence-electron chi connectivity index (χ3n) is 4.93. The second-order valence-electron chi connectivity index (χ2n) is 6.52. The van der Waals surface area contributed by atoms with E-state index in [2.05, 4.69) is 48.1 Å². The van der Waals surface area contributed by atoms with Crippen LogP contribution in [0.25, 0.3) is 17.0 Å². The average Bonchev–Trinajstić information content (AvgIpc) is 3.40. The Labute approximate surface area is 150 Å². The van der Waals surface area contributed by atoms with Crippen molar-refractivity contribution in [2.75, 3.05) is 11.4 Å². The van der Waals surface area contributed by atoms with E-state index in [1.807, 2.05) is 35.1 Å². The minimum Gasteiger partial charge on any atom is -0.347 e. The summed E-state index contributed by atoms with van der Waals surface area (Å²) < 4.78 is 1.83. The van der Waals surface area contributed by atoms with Crippen molar-refractivity contribution in [2.45, 2.75) is 25.3 Å². The summed E-state index contributed by atoms with van der Waals surface area (Å²) in [6.07, 6.45) is 8.67. The molecule has 130 valence electrons. The molecule has 0 bridgehead atoms. The normalized spacial score (nSPS) is 17.7. The molecule has 1 aliphatic heterocycles. The standard InChI is InChI=1S/C19H19N7/c1-2-6-14(7-3-1)15-12-17(26-19(24-15)22-13-23-26)25-11-5-4-8-16(25)18-20-9-10-21-18/h1-3,6-7,9-10,12-13,16H,4-5,8,11H2,(H,20,21)/t16-/m0/s1. The molecule has 0 saturated carbocycles. The maximum Gasteiger partial charge on any atom is 0.254 e. The molecule has 4 aromatic rings. The highest BCUT2D eigenvalue weighted by molar-refractivity contribution is 5.66. The van der Waals surface area contributed by atoms with Gasteiger partial charge in [0.15, 0.2) is 0 Å². The molecule has 1 N–H and O–H groups in total. The minimum absolute atomic E-state index is 0.206. The van der Waals surface area contributed by atoms with Gasteiger partial charge in [0.2, 0.25) is 0 Å². The van der Waals surface area contributed by atoms with Gasteiger partial charge < -0.3 is 9.88 Å². The number of nitrogens with one attached hydrogen (secondary N) is 1. The van der Waals surface area contributed by atoms with Crippen LogP contribution < -0.4 is 4.90 Å². The number of hydrogen-bond donors (Lipinski definition) is 1. The van der Waals surface area contributed by atoms with Crippen molar-refractivity contribution in [3.63, 3.8) is 0 Å². The fourth-order valence-electron chi connectivity index (χ4n) is 3.71. The third kappa shape index (κ3) is 2.52. The molecule has 3 aromatic heterocycles. The van der Waals surface area contributed by atoms with Crippen molar-refractivity contribution >= 4 is 11.6 Å². The van der Waals surface area contributed by atoms with E-state index < -0.39 is 0 Å². The molecule has 0 spiro atoms. The number of aromatic nitrogens is 6.